The highest BCUT2D eigenvalue weighted by atomic mass is 35.5. The first-order chi connectivity index (χ1) is 13.2. The van der Waals surface area contributed by atoms with E-state index in [0.29, 0.717) is 15.9 Å². The van der Waals surface area contributed by atoms with Crippen LogP contribution in [0, 0.1) is 0 Å². The van der Waals surface area contributed by atoms with E-state index in [1.54, 1.807) is 18.2 Å². The first-order valence-electron chi connectivity index (χ1n) is 9.34. The lowest BCUT2D eigenvalue weighted by Crippen LogP contribution is -2.30. The average Bonchev–Trinajstić information content (AvgIpc) is 2.69. The van der Waals surface area contributed by atoms with Gasteiger partial charge in [0.05, 0.1) is 10.9 Å². The number of benzene rings is 2. The predicted octanol–water partition coefficient (Wildman–Crippen LogP) is 4.30. The van der Waals surface area contributed by atoms with Crippen LogP contribution in [-0.4, -0.2) is 34.5 Å². The monoisotopic (exact) mass is 379 g/mol. The summed E-state index contributed by atoms with van der Waals surface area (Å²) in [6.07, 6.45) is 5.12. The molecular weight excluding hydrogens is 358 g/mol. The number of nitrogens with zero attached hydrogens (tertiary/aromatic N) is 2. The quantitative estimate of drug-likeness (QED) is 0.719. The molecule has 5 heteroatoms. The zero-order chi connectivity index (χ0) is 18.6. The van der Waals surface area contributed by atoms with Crippen molar-refractivity contribution in [1.29, 1.82) is 0 Å². The molecule has 0 amide bonds. The Hall–Kier alpha value is -2.43. The highest BCUT2D eigenvalue weighted by Crippen LogP contribution is 2.22. The Labute approximate surface area is 163 Å². The highest BCUT2D eigenvalue weighted by molar-refractivity contribution is 6.31. The summed E-state index contributed by atoms with van der Waals surface area (Å²) in [4.78, 5) is 22.1. The minimum Gasteiger partial charge on any atom is -0.310 e. The van der Waals surface area contributed by atoms with E-state index >= 15 is 0 Å². The molecule has 0 fully saturated rings. The summed E-state index contributed by atoms with van der Waals surface area (Å²) >= 11 is 6.02. The Morgan fingerprint density at radius 3 is 2.78 bits per heavy atom. The molecule has 0 radical (unpaired) electrons. The summed E-state index contributed by atoms with van der Waals surface area (Å²) in [5.41, 5.74) is 3.33. The third-order valence-electron chi connectivity index (χ3n) is 5.04. The van der Waals surface area contributed by atoms with Crippen molar-refractivity contribution in [3.63, 3.8) is 0 Å². The number of aryl methyl sites for hydroxylation is 1. The van der Waals surface area contributed by atoms with Crippen LogP contribution in [0.15, 0.2) is 59.4 Å². The molecule has 0 bridgehead atoms. The molecule has 0 atom stereocenters. The van der Waals surface area contributed by atoms with Gasteiger partial charge in [-0.1, -0.05) is 48.0 Å². The lowest BCUT2D eigenvalue weighted by atomic mass is 9.99. The Balaban J connectivity index is 1.35. The number of hydrogen-bond donors (Lipinski definition) is 1. The number of nitrogens with one attached hydrogen (secondary N) is 1. The van der Waals surface area contributed by atoms with Crippen molar-refractivity contribution in [2.24, 2.45) is 0 Å². The fraction of sp³-hybridized carbons (Fsp3) is 0.273. The zero-order valence-electron chi connectivity index (χ0n) is 15.1. The van der Waals surface area contributed by atoms with Crippen molar-refractivity contribution in [3.8, 4) is 0 Å². The molecule has 138 valence electrons. The van der Waals surface area contributed by atoms with E-state index in [1.807, 2.05) is 0 Å². The molecular formula is C22H22ClN3O. The van der Waals surface area contributed by atoms with Gasteiger partial charge in [0, 0.05) is 24.5 Å². The maximum atomic E-state index is 12.2. The topological polar surface area (TPSA) is 49.0 Å². The normalized spacial score (nSPS) is 15.1. The van der Waals surface area contributed by atoms with E-state index in [9.17, 15) is 4.79 Å². The third kappa shape index (κ3) is 4.29. The first kappa shape index (κ1) is 18.0. The standard InChI is InChI=1S/C22H22ClN3O/c23-18-8-9-19-20(15-18)24-21(25-22(19)27)7-4-12-26-13-10-17(11-14-26)16-5-2-1-3-6-16/h1-3,5-6,8-10,15H,4,7,11-14H2,(H,24,25,27). The van der Waals surface area contributed by atoms with Crippen LogP contribution in [0.25, 0.3) is 16.5 Å². The maximum absolute atomic E-state index is 12.2. The number of aromatic amines is 1. The maximum Gasteiger partial charge on any atom is 0.258 e. The number of H-pyrrole nitrogens is 1. The van der Waals surface area contributed by atoms with E-state index in [1.165, 1.54) is 11.1 Å². The van der Waals surface area contributed by atoms with Crippen LogP contribution < -0.4 is 5.56 Å². The van der Waals surface area contributed by atoms with Crippen LogP contribution in [0.3, 0.4) is 0 Å². The second-order valence-electron chi connectivity index (χ2n) is 6.92. The Kier molecular flexibility index (Phi) is 5.37. The van der Waals surface area contributed by atoms with Crippen molar-refractivity contribution in [1.82, 2.24) is 14.9 Å². The summed E-state index contributed by atoms with van der Waals surface area (Å²) in [6, 6.07) is 15.8. The zero-order valence-corrected chi connectivity index (χ0v) is 15.9. The second kappa shape index (κ2) is 8.07. The van der Waals surface area contributed by atoms with Gasteiger partial charge in [-0.05, 0) is 48.7 Å². The minimum atomic E-state index is -0.0972. The highest BCUT2D eigenvalue weighted by Gasteiger charge is 2.13. The molecule has 2 heterocycles. The van der Waals surface area contributed by atoms with Crippen molar-refractivity contribution in [2.75, 3.05) is 19.6 Å². The van der Waals surface area contributed by atoms with E-state index in [4.69, 9.17) is 11.6 Å². The lowest BCUT2D eigenvalue weighted by molar-refractivity contribution is 0.297. The van der Waals surface area contributed by atoms with Crippen molar-refractivity contribution in [2.45, 2.75) is 19.3 Å². The van der Waals surface area contributed by atoms with Gasteiger partial charge in [-0.25, -0.2) is 4.98 Å². The molecule has 3 aromatic rings. The molecule has 1 N–H and O–H groups in total. The molecule has 0 saturated heterocycles. The van der Waals surface area contributed by atoms with Gasteiger partial charge in [-0.2, -0.15) is 0 Å². The molecule has 0 saturated carbocycles. The minimum absolute atomic E-state index is 0.0972. The molecule has 4 nitrogen and oxygen atoms in total. The number of halogens is 1. The van der Waals surface area contributed by atoms with E-state index in [0.717, 1.165) is 44.7 Å². The van der Waals surface area contributed by atoms with Gasteiger partial charge in [0.2, 0.25) is 0 Å². The molecule has 2 aromatic carbocycles. The van der Waals surface area contributed by atoms with Crippen LogP contribution in [-0.2, 0) is 6.42 Å². The molecule has 1 aromatic heterocycles. The van der Waals surface area contributed by atoms with Crippen molar-refractivity contribution in [3.05, 3.63) is 81.4 Å². The Morgan fingerprint density at radius 1 is 1.15 bits per heavy atom. The SMILES string of the molecule is O=c1[nH]c(CCCN2CC=C(c3ccccc3)CC2)nc2cc(Cl)ccc12. The predicted molar refractivity (Wildman–Crippen MR) is 111 cm³/mol. The number of rotatable bonds is 5. The second-order valence-corrected chi connectivity index (χ2v) is 7.36. The van der Waals surface area contributed by atoms with Crippen molar-refractivity contribution >= 4 is 28.1 Å². The average molecular weight is 380 g/mol. The van der Waals surface area contributed by atoms with E-state index in [-0.39, 0.29) is 5.56 Å². The largest absolute Gasteiger partial charge is 0.310 e. The molecule has 0 unspecified atom stereocenters. The molecule has 27 heavy (non-hydrogen) atoms. The molecule has 1 aliphatic heterocycles. The van der Waals surface area contributed by atoms with Crippen LogP contribution in [0.1, 0.15) is 24.2 Å². The summed E-state index contributed by atoms with van der Waals surface area (Å²) in [6.45, 7) is 3.04. The van der Waals surface area contributed by atoms with Gasteiger partial charge < -0.3 is 4.98 Å². The van der Waals surface area contributed by atoms with Gasteiger partial charge >= 0.3 is 0 Å². The summed E-state index contributed by atoms with van der Waals surface area (Å²) in [5, 5.41) is 1.18. The van der Waals surface area contributed by atoms with Gasteiger partial charge in [0.1, 0.15) is 5.82 Å². The number of hydrogen-bond acceptors (Lipinski definition) is 3. The summed E-state index contributed by atoms with van der Waals surface area (Å²) in [5.74, 6) is 0.729. The fourth-order valence-corrected chi connectivity index (χ4v) is 3.74. The Morgan fingerprint density at radius 2 is 2.00 bits per heavy atom. The molecule has 4 rings (SSSR count). The van der Waals surface area contributed by atoms with Crippen LogP contribution >= 0.6 is 11.6 Å². The summed E-state index contributed by atoms with van der Waals surface area (Å²) < 4.78 is 0. The van der Waals surface area contributed by atoms with Crippen LogP contribution in [0.5, 0.6) is 0 Å². The van der Waals surface area contributed by atoms with Gasteiger partial charge in [0.25, 0.3) is 5.56 Å². The third-order valence-corrected chi connectivity index (χ3v) is 5.28. The molecule has 1 aliphatic rings. The van der Waals surface area contributed by atoms with E-state index in [2.05, 4.69) is 51.3 Å². The van der Waals surface area contributed by atoms with Crippen LogP contribution in [0.4, 0.5) is 0 Å². The molecule has 0 aliphatic carbocycles. The van der Waals surface area contributed by atoms with Crippen LogP contribution in [0.2, 0.25) is 5.02 Å². The smallest absolute Gasteiger partial charge is 0.258 e. The van der Waals surface area contributed by atoms with Gasteiger partial charge in [0.15, 0.2) is 0 Å². The van der Waals surface area contributed by atoms with E-state index < -0.39 is 0 Å². The van der Waals surface area contributed by atoms with Gasteiger partial charge in [-0.3, -0.25) is 9.69 Å². The first-order valence-corrected chi connectivity index (χ1v) is 9.72. The fourth-order valence-electron chi connectivity index (χ4n) is 3.58. The van der Waals surface area contributed by atoms with Gasteiger partial charge in [-0.15, -0.1) is 0 Å². The Bertz CT molecular complexity index is 1030. The number of aromatic nitrogens is 2. The van der Waals surface area contributed by atoms with Crippen molar-refractivity contribution < 1.29 is 0 Å². The number of fused-ring (bicyclic) bond motifs is 1. The molecule has 0 spiro atoms. The summed E-state index contributed by atoms with van der Waals surface area (Å²) in [7, 11) is 0. The lowest BCUT2D eigenvalue weighted by Gasteiger charge is -2.26.